The normalized spacial score (nSPS) is 29.3. The Morgan fingerprint density at radius 2 is 1.59 bits per heavy atom. The zero-order valence-corrected chi connectivity index (χ0v) is 15.9. The summed E-state index contributed by atoms with van der Waals surface area (Å²) in [5.41, 5.74) is 0.960. The highest BCUT2D eigenvalue weighted by molar-refractivity contribution is 6.09. The van der Waals surface area contributed by atoms with E-state index >= 15 is 0 Å². The summed E-state index contributed by atoms with van der Waals surface area (Å²) >= 11 is 0. The van der Waals surface area contributed by atoms with E-state index in [1.165, 1.54) is 4.90 Å². The number of nitrogens with zero attached hydrogens (tertiary/aromatic N) is 2. The third-order valence-electron chi connectivity index (χ3n) is 6.45. The van der Waals surface area contributed by atoms with Gasteiger partial charge >= 0.3 is 0 Å². The Morgan fingerprint density at radius 3 is 2.11 bits per heavy atom. The Labute approximate surface area is 160 Å². The van der Waals surface area contributed by atoms with Crippen LogP contribution in [0.3, 0.4) is 0 Å². The summed E-state index contributed by atoms with van der Waals surface area (Å²) in [6.45, 7) is 4.98. The van der Waals surface area contributed by atoms with Crippen molar-refractivity contribution in [2.24, 2.45) is 23.7 Å². The number of fused-ring (bicyclic) bond motifs is 5. The van der Waals surface area contributed by atoms with Gasteiger partial charge in [-0.25, -0.2) is 0 Å². The molecule has 5 atom stereocenters. The van der Waals surface area contributed by atoms with Gasteiger partial charge in [-0.2, -0.15) is 0 Å². The highest BCUT2D eigenvalue weighted by Crippen LogP contribution is 2.53. The van der Waals surface area contributed by atoms with Crippen LogP contribution in [0.1, 0.15) is 25.8 Å². The maximum Gasteiger partial charge on any atom is 0.246 e. The predicted molar refractivity (Wildman–Crippen MR) is 101 cm³/mol. The standard InChI is InChI=1S/C22H26N2O3/c1-3-23(4-2)20(25)17(12-14-8-6-5-7-9-14)24-21(26)18-15-10-11-16(13-15)19(18)22(24)27/h5-11,15-19H,3-4,12-13H2,1-2H3/t15-,16-,17+,18-,19+/m0/s1. The van der Waals surface area contributed by atoms with E-state index in [0.29, 0.717) is 19.5 Å². The Morgan fingerprint density at radius 1 is 1.04 bits per heavy atom. The van der Waals surface area contributed by atoms with Crippen LogP contribution >= 0.6 is 0 Å². The summed E-state index contributed by atoms with van der Waals surface area (Å²) in [4.78, 5) is 42.7. The first-order chi connectivity index (χ1) is 13.1. The average molecular weight is 366 g/mol. The molecule has 0 spiro atoms. The maximum atomic E-state index is 13.3. The minimum absolute atomic E-state index is 0.133. The third kappa shape index (κ3) is 2.80. The van der Waals surface area contributed by atoms with Crippen LogP contribution in [0.15, 0.2) is 42.5 Å². The summed E-state index contributed by atoms with van der Waals surface area (Å²) < 4.78 is 0. The van der Waals surface area contributed by atoms with Crippen molar-refractivity contribution in [3.63, 3.8) is 0 Å². The number of likely N-dealkylation sites (N-methyl/N-ethyl adjacent to an activating group) is 1. The third-order valence-corrected chi connectivity index (χ3v) is 6.45. The molecule has 1 aromatic carbocycles. The van der Waals surface area contributed by atoms with Gasteiger partial charge in [-0.3, -0.25) is 19.3 Å². The van der Waals surface area contributed by atoms with Crippen LogP contribution in [-0.4, -0.2) is 46.7 Å². The van der Waals surface area contributed by atoms with Crippen molar-refractivity contribution in [1.29, 1.82) is 0 Å². The maximum absolute atomic E-state index is 13.3. The molecule has 5 heteroatoms. The lowest BCUT2D eigenvalue weighted by atomic mass is 9.85. The molecular weight excluding hydrogens is 340 g/mol. The Bertz CT molecular complexity index is 754. The molecule has 3 amide bonds. The fourth-order valence-corrected chi connectivity index (χ4v) is 5.10. The number of amides is 3. The first-order valence-corrected chi connectivity index (χ1v) is 9.94. The second-order valence-corrected chi connectivity index (χ2v) is 7.76. The van der Waals surface area contributed by atoms with E-state index in [1.807, 2.05) is 44.2 Å². The summed E-state index contributed by atoms with van der Waals surface area (Å²) in [6.07, 6.45) is 5.43. The van der Waals surface area contributed by atoms with Gasteiger partial charge in [-0.1, -0.05) is 42.5 Å². The van der Waals surface area contributed by atoms with Crippen LogP contribution in [0.2, 0.25) is 0 Å². The molecule has 2 fully saturated rings. The van der Waals surface area contributed by atoms with Crippen molar-refractivity contribution in [2.75, 3.05) is 13.1 Å². The van der Waals surface area contributed by atoms with Gasteiger partial charge < -0.3 is 4.90 Å². The molecule has 1 saturated heterocycles. The second-order valence-electron chi connectivity index (χ2n) is 7.76. The number of benzene rings is 1. The van der Waals surface area contributed by atoms with Crippen LogP contribution in [0.25, 0.3) is 0 Å². The Kier molecular flexibility index (Phi) is 4.62. The summed E-state index contributed by atoms with van der Waals surface area (Å²) in [5, 5.41) is 0. The second kappa shape index (κ2) is 6.95. The Balaban J connectivity index is 1.67. The molecule has 0 radical (unpaired) electrons. The molecule has 0 N–H and O–H groups in total. The monoisotopic (exact) mass is 366 g/mol. The van der Waals surface area contributed by atoms with Crippen LogP contribution in [-0.2, 0) is 20.8 Å². The van der Waals surface area contributed by atoms with E-state index in [9.17, 15) is 14.4 Å². The van der Waals surface area contributed by atoms with Gasteiger partial charge in [-0.15, -0.1) is 0 Å². The van der Waals surface area contributed by atoms with Gasteiger partial charge in [0, 0.05) is 19.5 Å². The van der Waals surface area contributed by atoms with Gasteiger partial charge in [-0.05, 0) is 37.7 Å². The van der Waals surface area contributed by atoms with Crippen LogP contribution in [0, 0.1) is 23.7 Å². The Hall–Kier alpha value is -2.43. The van der Waals surface area contributed by atoms with Crippen LogP contribution < -0.4 is 0 Å². The predicted octanol–water partition coefficient (Wildman–Crippen LogP) is 2.27. The lowest BCUT2D eigenvalue weighted by molar-refractivity contribution is -0.152. The van der Waals surface area contributed by atoms with Gasteiger partial charge in [0.25, 0.3) is 0 Å². The number of allylic oxidation sites excluding steroid dienone is 2. The molecule has 4 rings (SSSR count). The van der Waals surface area contributed by atoms with Gasteiger partial charge in [0.2, 0.25) is 17.7 Å². The molecule has 3 aliphatic rings. The molecule has 1 heterocycles. The largest absolute Gasteiger partial charge is 0.341 e. The summed E-state index contributed by atoms with van der Waals surface area (Å²) in [5.74, 6) is -0.660. The molecule has 142 valence electrons. The van der Waals surface area contributed by atoms with Crippen molar-refractivity contribution in [1.82, 2.24) is 9.80 Å². The summed E-state index contributed by atoms with van der Waals surface area (Å²) in [6, 6.07) is 8.89. The minimum Gasteiger partial charge on any atom is -0.341 e. The van der Waals surface area contributed by atoms with E-state index in [2.05, 4.69) is 12.2 Å². The molecule has 2 bridgehead atoms. The number of imide groups is 1. The zero-order valence-electron chi connectivity index (χ0n) is 15.9. The highest BCUT2D eigenvalue weighted by Gasteiger charge is 2.61. The van der Waals surface area contributed by atoms with E-state index in [1.54, 1.807) is 4.90 Å². The van der Waals surface area contributed by atoms with Crippen molar-refractivity contribution < 1.29 is 14.4 Å². The molecular formula is C22H26N2O3. The van der Waals surface area contributed by atoms with Crippen molar-refractivity contribution >= 4 is 17.7 Å². The molecule has 1 aromatic rings. The van der Waals surface area contributed by atoms with Crippen molar-refractivity contribution in [3.8, 4) is 0 Å². The van der Waals surface area contributed by atoms with E-state index < -0.39 is 6.04 Å². The van der Waals surface area contributed by atoms with Crippen LogP contribution in [0.4, 0.5) is 0 Å². The molecule has 0 aromatic heterocycles. The minimum atomic E-state index is -0.753. The number of rotatable bonds is 6. The van der Waals surface area contributed by atoms with Gasteiger partial charge in [0.05, 0.1) is 11.8 Å². The molecule has 1 aliphatic heterocycles. The first kappa shape index (κ1) is 18.0. The van der Waals surface area contributed by atoms with Crippen molar-refractivity contribution in [2.45, 2.75) is 32.7 Å². The topological polar surface area (TPSA) is 57.7 Å². The molecule has 27 heavy (non-hydrogen) atoms. The number of hydrogen-bond donors (Lipinski definition) is 0. The van der Waals surface area contributed by atoms with Crippen LogP contribution in [0.5, 0.6) is 0 Å². The number of carbonyl (C=O) groups is 3. The fraction of sp³-hybridized carbons (Fsp3) is 0.500. The van der Waals surface area contributed by atoms with Gasteiger partial charge in [0.1, 0.15) is 6.04 Å². The molecule has 1 saturated carbocycles. The number of carbonyl (C=O) groups excluding carboxylic acids is 3. The number of likely N-dealkylation sites (tertiary alicyclic amines) is 1. The summed E-state index contributed by atoms with van der Waals surface area (Å²) in [7, 11) is 0. The zero-order chi connectivity index (χ0) is 19.1. The van der Waals surface area contributed by atoms with E-state index in [-0.39, 0.29) is 41.4 Å². The lowest BCUT2D eigenvalue weighted by Gasteiger charge is -2.31. The van der Waals surface area contributed by atoms with E-state index in [0.717, 1.165) is 12.0 Å². The number of hydrogen-bond acceptors (Lipinski definition) is 3. The SMILES string of the molecule is CCN(CC)C(=O)[C@@H](Cc1ccccc1)N1C(=O)[C@@H]2[C@H](C1=O)[C@H]1C=C[C@H]2C1. The quantitative estimate of drug-likeness (QED) is 0.573. The van der Waals surface area contributed by atoms with E-state index in [4.69, 9.17) is 0 Å². The smallest absolute Gasteiger partial charge is 0.246 e. The van der Waals surface area contributed by atoms with Crippen molar-refractivity contribution in [3.05, 3.63) is 48.0 Å². The highest BCUT2D eigenvalue weighted by atomic mass is 16.2. The first-order valence-electron chi connectivity index (χ1n) is 9.94. The molecule has 0 unspecified atom stereocenters. The average Bonchev–Trinajstić information content (AvgIpc) is 3.36. The molecule has 5 nitrogen and oxygen atoms in total. The van der Waals surface area contributed by atoms with Gasteiger partial charge in [0.15, 0.2) is 0 Å². The fourth-order valence-electron chi connectivity index (χ4n) is 5.10. The molecule has 2 aliphatic carbocycles. The lowest BCUT2D eigenvalue weighted by Crippen LogP contribution is -2.52.